The van der Waals surface area contributed by atoms with Crippen LogP contribution in [0, 0.1) is 5.92 Å². The van der Waals surface area contributed by atoms with Crippen LogP contribution in [0.3, 0.4) is 0 Å². The van der Waals surface area contributed by atoms with Gasteiger partial charge in [0, 0.05) is 30.2 Å². The van der Waals surface area contributed by atoms with E-state index in [4.69, 9.17) is 11.6 Å². The minimum absolute atomic E-state index is 0.0119. The number of nitrogens with zero attached hydrogens (tertiary/aromatic N) is 1. The van der Waals surface area contributed by atoms with Crippen LogP contribution in [0.5, 0.6) is 0 Å². The maximum atomic E-state index is 12.4. The number of carbonyl (C=O) groups excluding carboxylic acids is 2. The molecule has 1 atom stereocenters. The Kier molecular flexibility index (Phi) is 5.39. The summed E-state index contributed by atoms with van der Waals surface area (Å²) < 4.78 is 0. The Balaban J connectivity index is 1.61. The number of benzene rings is 2. The van der Waals surface area contributed by atoms with Crippen LogP contribution >= 0.6 is 11.6 Å². The molecule has 3 rings (SSSR count). The van der Waals surface area contributed by atoms with Gasteiger partial charge in [0.05, 0.1) is 5.92 Å². The number of amides is 2. The standard InChI is InChI=1S/C20H21ClN2O2/c1-2-14-7-9-17(10-8-14)23-13-16(11-19(23)24)20(25)22-12-15-5-3-4-6-18(15)21/h3-10,16H,2,11-13H2,1H3,(H,22,25). The van der Waals surface area contributed by atoms with E-state index >= 15 is 0 Å². The van der Waals surface area contributed by atoms with Crippen LogP contribution in [0.1, 0.15) is 24.5 Å². The molecule has 4 nitrogen and oxygen atoms in total. The molecule has 0 aromatic heterocycles. The highest BCUT2D eigenvalue weighted by Crippen LogP contribution is 2.26. The molecule has 1 aliphatic heterocycles. The summed E-state index contributed by atoms with van der Waals surface area (Å²) in [6, 6.07) is 15.3. The number of hydrogen-bond acceptors (Lipinski definition) is 2. The lowest BCUT2D eigenvalue weighted by molar-refractivity contribution is -0.126. The molecule has 2 aromatic carbocycles. The van der Waals surface area contributed by atoms with E-state index in [1.165, 1.54) is 5.56 Å². The number of nitrogens with one attached hydrogen (secondary N) is 1. The molecular weight excluding hydrogens is 336 g/mol. The Morgan fingerprint density at radius 3 is 2.60 bits per heavy atom. The molecule has 0 aliphatic carbocycles. The molecule has 2 aromatic rings. The van der Waals surface area contributed by atoms with Crippen LogP contribution in [-0.4, -0.2) is 18.4 Å². The third-order valence-corrected chi connectivity index (χ3v) is 4.93. The average molecular weight is 357 g/mol. The van der Waals surface area contributed by atoms with Gasteiger partial charge in [-0.1, -0.05) is 48.9 Å². The fraction of sp³-hybridized carbons (Fsp3) is 0.300. The second-order valence-corrected chi connectivity index (χ2v) is 6.64. The predicted molar refractivity (Wildman–Crippen MR) is 99.6 cm³/mol. The van der Waals surface area contributed by atoms with Crippen LogP contribution in [0.15, 0.2) is 48.5 Å². The van der Waals surface area contributed by atoms with Crippen LogP contribution in [-0.2, 0) is 22.6 Å². The predicted octanol–water partition coefficient (Wildman–Crippen LogP) is 3.57. The van der Waals surface area contributed by atoms with Crippen molar-refractivity contribution in [1.29, 1.82) is 0 Å². The van der Waals surface area contributed by atoms with Crippen molar-refractivity contribution in [3.63, 3.8) is 0 Å². The van der Waals surface area contributed by atoms with Gasteiger partial charge in [-0.3, -0.25) is 9.59 Å². The smallest absolute Gasteiger partial charge is 0.227 e. The molecule has 1 N–H and O–H groups in total. The zero-order valence-electron chi connectivity index (χ0n) is 14.2. The van der Waals surface area contributed by atoms with Gasteiger partial charge in [-0.25, -0.2) is 0 Å². The average Bonchev–Trinajstić information content (AvgIpc) is 3.03. The Bertz CT molecular complexity index is 774. The maximum Gasteiger partial charge on any atom is 0.227 e. The van der Waals surface area contributed by atoms with Gasteiger partial charge in [0.15, 0.2) is 0 Å². The number of carbonyl (C=O) groups is 2. The molecule has 25 heavy (non-hydrogen) atoms. The summed E-state index contributed by atoms with van der Waals surface area (Å²) in [5.41, 5.74) is 2.95. The molecule has 1 aliphatic rings. The Morgan fingerprint density at radius 2 is 1.92 bits per heavy atom. The van der Waals surface area contributed by atoms with Crippen molar-refractivity contribution in [3.05, 3.63) is 64.7 Å². The van der Waals surface area contributed by atoms with Crippen molar-refractivity contribution in [1.82, 2.24) is 5.32 Å². The van der Waals surface area contributed by atoms with Crippen molar-refractivity contribution in [2.75, 3.05) is 11.4 Å². The first kappa shape index (κ1) is 17.5. The zero-order chi connectivity index (χ0) is 17.8. The summed E-state index contributed by atoms with van der Waals surface area (Å²) in [4.78, 5) is 26.4. The van der Waals surface area contributed by atoms with E-state index < -0.39 is 0 Å². The lowest BCUT2D eigenvalue weighted by atomic mass is 10.1. The lowest BCUT2D eigenvalue weighted by Gasteiger charge is -2.17. The van der Waals surface area contributed by atoms with Crippen molar-refractivity contribution in [2.45, 2.75) is 26.3 Å². The summed E-state index contributed by atoms with van der Waals surface area (Å²) in [6.45, 7) is 2.88. The van der Waals surface area contributed by atoms with E-state index in [9.17, 15) is 9.59 Å². The molecule has 1 unspecified atom stereocenters. The summed E-state index contributed by atoms with van der Waals surface area (Å²) in [5.74, 6) is -0.455. The van der Waals surface area contributed by atoms with Gasteiger partial charge in [0.25, 0.3) is 0 Å². The Hall–Kier alpha value is -2.33. The molecule has 1 fully saturated rings. The number of aryl methyl sites for hydroxylation is 1. The van der Waals surface area contributed by atoms with Gasteiger partial charge in [0.1, 0.15) is 0 Å². The molecule has 0 radical (unpaired) electrons. The molecule has 0 saturated carbocycles. The molecular formula is C20H21ClN2O2. The summed E-state index contributed by atoms with van der Waals surface area (Å²) in [6.07, 6.45) is 1.20. The first-order chi connectivity index (χ1) is 12.1. The summed E-state index contributed by atoms with van der Waals surface area (Å²) >= 11 is 6.10. The molecule has 0 bridgehead atoms. The van der Waals surface area contributed by atoms with Crippen molar-refractivity contribution in [2.24, 2.45) is 5.92 Å². The normalized spacial score (nSPS) is 17.0. The van der Waals surface area contributed by atoms with Gasteiger partial charge >= 0.3 is 0 Å². The number of hydrogen-bond donors (Lipinski definition) is 1. The number of anilines is 1. The lowest BCUT2D eigenvalue weighted by Crippen LogP contribution is -2.32. The number of rotatable bonds is 5. The van der Waals surface area contributed by atoms with E-state index in [0.717, 1.165) is 17.7 Å². The fourth-order valence-electron chi connectivity index (χ4n) is 3.01. The van der Waals surface area contributed by atoms with Gasteiger partial charge in [0.2, 0.25) is 11.8 Å². The monoisotopic (exact) mass is 356 g/mol. The van der Waals surface area contributed by atoms with E-state index in [-0.39, 0.29) is 24.2 Å². The van der Waals surface area contributed by atoms with E-state index in [1.54, 1.807) is 11.0 Å². The molecule has 2 amide bonds. The molecule has 1 saturated heterocycles. The van der Waals surface area contributed by atoms with Crippen LogP contribution in [0.2, 0.25) is 5.02 Å². The van der Waals surface area contributed by atoms with E-state index in [1.807, 2.05) is 42.5 Å². The highest BCUT2D eigenvalue weighted by Gasteiger charge is 2.34. The van der Waals surface area contributed by atoms with Crippen LogP contribution in [0.25, 0.3) is 0 Å². The van der Waals surface area contributed by atoms with Crippen LogP contribution < -0.4 is 10.2 Å². The van der Waals surface area contributed by atoms with Crippen molar-refractivity contribution in [3.8, 4) is 0 Å². The molecule has 1 heterocycles. The van der Waals surface area contributed by atoms with E-state index in [0.29, 0.717) is 18.1 Å². The van der Waals surface area contributed by atoms with Crippen molar-refractivity contribution >= 4 is 29.1 Å². The van der Waals surface area contributed by atoms with Gasteiger partial charge < -0.3 is 10.2 Å². The van der Waals surface area contributed by atoms with Crippen molar-refractivity contribution < 1.29 is 9.59 Å². The van der Waals surface area contributed by atoms with Gasteiger partial charge in [-0.2, -0.15) is 0 Å². The van der Waals surface area contributed by atoms with Gasteiger partial charge in [-0.15, -0.1) is 0 Å². The Morgan fingerprint density at radius 1 is 1.20 bits per heavy atom. The third-order valence-electron chi connectivity index (χ3n) is 4.56. The minimum Gasteiger partial charge on any atom is -0.352 e. The second kappa shape index (κ2) is 7.70. The first-order valence-electron chi connectivity index (χ1n) is 8.49. The highest BCUT2D eigenvalue weighted by molar-refractivity contribution is 6.31. The van der Waals surface area contributed by atoms with E-state index in [2.05, 4.69) is 12.2 Å². The first-order valence-corrected chi connectivity index (χ1v) is 8.86. The largest absolute Gasteiger partial charge is 0.352 e. The summed E-state index contributed by atoms with van der Waals surface area (Å²) in [5, 5.41) is 3.52. The third kappa shape index (κ3) is 4.02. The van der Waals surface area contributed by atoms with Crippen LogP contribution in [0.4, 0.5) is 5.69 Å². The highest BCUT2D eigenvalue weighted by atomic mass is 35.5. The topological polar surface area (TPSA) is 49.4 Å². The molecule has 130 valence electrons. The molecule has 5 heteroatoms. The SMILES string of the molecule is CCc1ccc(N2CC(C(=O)NCc3ccccc3Cl)CC2=O)cc1. The minimum atomic E-state index is -0.333. The van der Waals surface area contributed by atoms with Gasteiger partial charge in [-0.05, 0) is 35.7 Å². The Labute approximate surface area is 152 Å². The fourth-order valence-corrected chi connectivity index (χ4v) is 3.22. The quantitative estimate of drug-likeness (QED) is 0.890. The number of halogens is 1. The molecule has 0 spiro atoms. The summed E-state index contributed by atoms with van der Waals surface area (Å²) in [7, 11) is 0. The maximum absolute atomic E-state index is 12.4. The zero-order valence-corrected chi connectivity index (χ0v) is 14.9. The second-order valence-electron chi connectivity index (χ2n) is 6.23.